The van der Waals surface area contributed by atoms with Crippen LogP contribution in [0.25, 0.3) is 0 Å². The van der Waals surface area contributed by atoms with Gasteiger partial charge < -0.3 is 0 Å². The van der Waals surface area contributed by atoms with Gasteiger partial charge in [-0.2, -0.15) is 0 Å². The van der Waals surface area contributed by atoms with Gasteiger partial charge in [-0.15, -0.1) is 0 Å². The maximum absolute atomic E-state index is 5.67. The van der Waals surface area contributed by atoms with E-state index >= 15 is 0 Å². The zero-order valence-corrected chi connectivity index (χ0v) is 10.9. The van der Waals surface area contributed by atoms with Crippen molar-refractivity contribution in [2.45, 2.75) is 6.92 Å². The summed E-state index contributed by atoms with van der Waals surface area (Å²) in [6.45, 7) is 1.93. The van der Waals surface area contributed by atoms with E-state index in [1.165, 1.54) is 0 Å². The van der Waals surface area contributed by atoms with Crippen molar-refractivity contribution < 1.29 is 27.8 Å². The first-order chi connectivity index (χ1) is 3.83. The van der Waals surface area contributed by atoms with Gasteiger partial charge in [0.15, 0.2) is 0 Å². The molecule has 0 N–H and O–H groups in total. The molecular weight excluding hydrogens is 312 g/mol. The first-order valence-corrected chi connectivity index (χ1v) is 12.0. The van der Waals surface area contributed by atoms with E-state index in [0.717, 1.165) is 9.03 Å². The van der Waals surface area contributed by atoms with Crippen molar-refractivity contribution in [3.05, 3.63) is 17.9 Å². The van der Waals surface area contributed by atoms with E-state index in [1.54, 1.807) is 0 Å². The average molecular weight is 317 g/mol. The SMILES string of the molecule is Cc1cc[c]([Hg][Cl])o1. The zero-order chi connectivity index (χ0) is 5.98. The van der Waals surface area contributed by atoms with Gasteiger partial charge in [-0.3, -0.25) is 0 Å². The Kier molecular flexibility index (Phi) is 2.38. The zero-order valence-electron chi connectivity index (χ0n) is 4.65. The van der Waals surface area contributed by atoms with E-state index in [4.69, 9.17) is 12.7 Å². The Balaban J connectivity index is 2.84. The number of hydrogen-bond donors (Lipinski definition) is 0. The van der Waals surface area contributed by atoms with Crippen LogP contribution in [0.2, 0.25) is 0 Å². The molecule has 1 rings (SSSR count). The van der Waals surface area contributed by atoms with Crippen molar-refractivity contribution in [2.75, 3.05) is 0 Å². The van der Waals surface area contributed by atoms with Gasteiger partial charge in [0.05, 0.1) is 0 Å². The van der Waals surface area contributed by atoms with Gasteiger partial charge in [-0.25, -0.2) is 0 Å². The van der Waals surface area contributed by atoms with Gasteiger partial charge in [0.1, 0.15) is 0 Å². The minimum absolute atomic E-state index is 0.973. The Morgan fingerprint density at radius 2 is 2.38 bits per heavy atom. The second kappa shape index (κ2) is 2.88. The molecule has 8 heavy (non-hydrogen) atoms. The predicted octanol–water partition coefficient (Wildman–Crippen LogP) is 1.45. The summed E-state index contributed by atoms with van der Waals surface area (Å²) in [5, 5.41) is 0. The van der Waals surface area contributed by atoms with Gasteiger partial charge >= 0.3 is 64.1 Å². The molecule has 1 nitrogen and oxygen atoms in total. The normalized spacial score (nSPS) is 8.75. The van der Waals surface area contributed by atoms with E-state index in [1.807, 2.05) is 19.1 Å². The van der Waals surface area contributed by atoms with Crippen molar-refractivity contribution in [3.8, 4) is 0 Å². The van der Waals surface area contributed by atoms with Crippen LogP contribution in [0, 0.1) is 6.92 Å². The molecule has 0 saturated heterocycles. The fourth-order valence-corrected chi connectivity index (χ4v) is 3.72. The Morgan fingerprint density at radius 3 is 2.62 bits per heavy atom. The molecule has 1 aromatic heterocycles. The molecule has 0 atom stereocenters. The van der Waals surface area contributed by atoms with Crippen LogP contribution in [0.5, 0.6) is 0 Å². The van der Waals surface area contributed by atoms with Gasteiger partial charge in [-0.1, -0.05) is 0 Å². The topological polar surface area (TPSA) is 13.1 Å². The maximum atomic E-state index is 5.67. The van der Waals surface area contributed by atoms with E-state index < -0.39 is 23.3 Å². The van der Waals surface area contributed by atoms with Gasteiger partial charge in [0.2, 0.25) is 0 Å². The fraction of sp³-hybridized carbons (Fsp3) is 0.200. The molecular formula is C5H5ClHgO. The Morgan fingerprint density at radius 1 is 1.62 bits per heavy atom. The quantitative estimate of drug-likeness (QED) is 0.715. The molecule has 0 bridgehead atoms. The van der Waals surface area contributed by atoms with Crippen molar-refractivity contribution in [1.82, 2.24) is 0 Å². The molecule has 3 heteroatoms. The van der Waals surface area contributed by atoms with Gasteiger partial charge in [0, 0.05) is 0 Å². The number of rotatable bonds is 1. The number of halogens is 1. The molecule has 1 heterocycles. The molecule has 40 valence electrons. The summed E-state index contributed by atoms with van der Waals surface area (Å²) in [6, 6.07) is 3.93. The summed E-state index contributed by atoms with van der Waals surface area (Å²) in [4.78, 5) is 0. The molecule has 0 aliphatic rings. The van der Waals surface area contributed by atoms with Crippen LogP contribution < -0.4 is 3.27 Å². The first-order valence-electron chi connectivity index (χ1n) is 2.44. The standard InChI is InChI=1S/C5H5O.ClH.Hg/c1-5-3-2-4-6-5;;/h2-3H,1H3;1H;/q;;+1/p-1. The number of furan rings is 1. The average Bonchev–Trinajstić information content (AvgIpc) is 2.14. The molecule has 0 spiro atoms. The van der Waals surface area contributed by atoms with Gasteiger partial charge in [0.25, 0.3) is 0 Å². The van der Waals surface area contributed by atoms with Crippen LogP contribution in [0.3, 0.4) is 0 Å². The van der Waals surface area contributed by atoms with Crippen LogP contribution >= 0.6 is 8.25 Å². The minimum atomic E-state index is -1.21. The van der Waals surface area contributed by atoms with Crippen molar-refractivity contribution in [2.24, 2.45) is 0 Å². The molecule has 0 aromatic carbocycles. The van der Waals surface area contributed by atoms with Crippen LogP contribution in [-0.2, 0) is 23.3 Å². The third kappa shape index (κ3) is 1.49. The summed E-state index contributed by atoms with van der Waals surface area (Å²) >= 11 is -1.21. The third-order valence-corrected chi connectivity index (χ3v) is 5.74. The number of aryl methyl sites for hydroxylation is 1. The predicted molar refractivity (Wildman–Crippen MR) is 28.9 cm³/mol. The van der Waals surface area contributed by atoms with Crippen LogP contribution in [-0.4, -0.2) is 0 Å². The van der Waals surface area contributed by atoms with E-state index in [0.29, 0.717) is 0 Å². The Hall–Kier alpha value is 0.505. The summed E-state index contributed by atoms with van der Waals surface area (Å²) in [6.07, 6.45) is 0. The molecule has 0 amide bonds. The Bertz CT molecular complexity index is 173. The van der Waals surface area contributed by atoms with Crippen LogP contribution in [0.4, 0.5) is 0 Å². The molecule has 0 aliphatic heterocycles. The van der Waals surface area contributed by atoms with Crippen molar-refractivity contribution in [1.29, 1.82) is 0 Å². The molecule has 0 radical (unpaired) electrons. The van der Waals surface area contributed by atoms with Crippen molar-refractivity contribution in [3.63, 3.8) is 0 Å². The summed E-state index contributed by atoms with van der Waals surface area (Å²) in [5.74, 6) is 0.973. The monoisotopic (exact) mass is 318 g/mol. The van der Waals surface area contributed by atoms with Crippen LogP contribution in [0.1, 0.15) is 5.76 Å². The number of hydrogen-bond acceptors (Lipinski definition) is 1. The fourth-order valence-electron chi connectivity index (χ4n) is 0.557. The third-order valence-electron chi connectivity index (χ3n) is 0.928. The Labute approximate surface area is 63.9 Å². The van der Waals surface area contributed by atoms with E-state index in [-0.39, 0.29) is 0 Å². The second-order valence-electron chi connectivity index (χ2n) is 1.65. The summed E-state index contributed by atoms with van der Waals surface area (Å²) < 4.78 is 6.26. The first kappa shape index (κ1) is 6.62. The molecule has 0 fully saturated rings. The molecule has 0 saturated carbocycles. The van der Waals surface area contributed by atoms with Gasteiger partial charge in [-0.05, 0) is 0 Å². The summed E-state index contributed by atoms with van der Waals surface area (Å²) in [5.41, 5.74) is 0. The molecule has 0 aliphatic carbocycles. The van der Waals surface area contributed by atoms with E-state index in [9.17, 15) is 0 Å². The van der Waals surface area contributed by atoms with Crippen LogP contribution in [0.15, 0.2) is 16.5 Å². The summed E-state index contributed by atoms with van der Waals surface area (Å²) in [7, 11) is 5.67. The van der Waals surface area contributed by atoms with Crippen molar-refractivity contribution >= 4 is 11.5 Å². The molecule has 1 aromatic rings. The van der Waals surface area contributed by atoms with E-state index in [2.05, 4.69) is 0 Å². The second-order valence-corrected chi connectivity index (χ2v) is 7.74. The molecule has 0 unspecified atom stereocenters.